The molecule has 4 rings (SSSR count). The number of oxime groups is 1. The summed E-state index contributed by atoms with van der Waals surface area (Å²) in [6.07, 6.45) is 1.75. The molecule has 1 amide bonds. The van der Waals surface area contributed by atoms with Crippen LogP contribution in [0.1, 0.15) is 28.1 Å². The first-order chi connectivity index (χ1) is 13.7. The smallest absolute Gasteiger partial charge is 0.289 e. The van der Waals surface area contributed by atoms with Crippen molar-refractivity contribution < 1.29 is 18.4 Å². The summed E-state index contributed by atoms with van der Waals surface area (Å²) in [6, 6.07) is 19.2. The maximum Gasteiger partial charge on any atom is 0.289 e. The minimum atomic E-state index is -0.294. The number of carbonyl (C=O) groups excluding carboxylic acids is 1. The standard InChI is InChI=1S/C22H19FN2O3/c23-18-10-8-17(9-11-18)20-13-19(28-24-20)15-25(14-16-5-2-1-3-6-16)22(26)21-7-4-12-27-21/h1-12,19H,13-15H2/t19-/m1/s1. The third-order valence-electron chi connectivity index (χ3n) is 4.57. The number of nitrogens with zero attached hydrogens (tertiary/aromatic N) is 2. The van der Waals surface area contributed by atoms with Crippen molar-refractivity contribution in [2.24, 2.45) is 5.16 Å². The first kappa shape index (κ1) is 18.0. The molecule has 6 heteroatoms. The number of halogens is 1. The van der Waals surface area contributed by atoms with Gasteiger partial charge in [0, 0.05) is 13.0 Å². The topological polar surface area (TPSA) is 55.0 Å². The minimum Gasteiger partial charge on any atom is -0.459 e. The molecule has 0 N–H and O–H groups in total. The molecule has 3 aromatic rings. The SMILES string of the molecule is O=C(c1ccco1)N(Cc1ccccc1)C[C@H]1CC(c2ccc(F)cc2)=NO1. The van der Waals surface area contributed by atoms with E-state index in [1.165, 1.54) is 18.4 Å². The summed E-state index contributed by atoms with van der Waals surface area (Å²) in [5.74, 6) is -0.209. The van der Waals surface area contributed by atoms with Gasteiger partial charge >= 0.3 is 0 Å². The lowest BCUT2D eigenvalue weighted by Gasteiger charge is -2.24. The second-order valence-electron chi connectivity index (χ2n) is 6.62. The second-order valence-corrected chi connectivity index (χ2v) is 6.62. The van der Waals surface area contributed by atoms with Crippen molar-refractivity contribution in [2.75, 3.05) is 6.54 Å². The maximum atomic E-state index is 13.1. The van der Waals surface area contributed by atoms with Gasteiger partial charge in [-0.3, -0.25) is 4.79 Å². The Kier molecular flexibility index (Phi) is 5.19. The summed E-state index contributed by atoms with van der Waals surface area (Å²) in [5.41, 5.74) is 2.58. The Morgan fingerprint density at radius 2 is 1.86 bits per heavy atom. The van der Waals surface area contributed by atoms with Crippen LogP contribution in [0.2, 0.25) is 0 Å². The Morgan fingerprint density at radius 3 is 2.57 bits per heavy atom. The van der Waals surface area contributed by atoms with Crippen LogP contribution in [-0.2, 0) is 11.4 Å². The highest BCUT2D eigenvalue weighted by Crippen LogP contribution is 2.20. The van der Waals surface area contributed by atoms with Crippen LogP contribution in [0.3, 0.4) is 0 Å². The van der Waals surface area contributed by atoms with E-state index in [1.807, 2.05) is 30.3 Å². The van der Waals surface area contributed by atoms with Gasteiger partial charge in [0.15, 0.2) is 11.9 Å². The van der Waals surface area contributed by atoms with Crippen LogP contribution in [-0.4, -0.2) is 29.2 Å². The molecule has 142 valence electrons. The molecule has 5 nitrogen and oxygen atoms in total. The average molecular weight is 378 g/mol. The zero-order valence-corrected chi connectivity index (χ0v) is 15.1. The molecular formula is C22H19FN2O3. The van der Waals surface area contributed by atoms with E-state index < -0.39 is 0 Å². The molecule has 28 heavy (non-hydrogen) atoms. The predicted molar refractivity (Wildman–Crippen MR) is 102 cm³/mol. The monoisotopic (exact) mass is 378 g/mol. The van der Waals surface area contributed by atoms with E-state index in [-0.39, 0.29) is 23.6 Å². The van der Waals surface area contributed by atoms with Crippen LogP contribution in [0.25, 0.3) is 0 Å². The molecule has 0 unspecified atom stereocenters. The van der Waals surface area contributed by atoms with Crippen molar-refractivity contribution >= 4 is 11.6 Å². The Balaban J connectivity index is 1.47. The summed E-state index contributed by atoms with van der Waals surface area (Å²) < 4.78 is 18.4. The fourth-order valence-electron chi connectivity index (χ4n) is 3.16. The molecule has 0 radical (unpaired) electrons. The summed E-state index contributed by atoms with van der Waals surface area (Å²) in [5, 5.41) is 4.13. The molecule has 1 atom stereocenters. The van der Waals surface area contributed by atoms with E-state index >= 15 is 0 Å². The largest absolute Gasteiger partial charge is 0.459 e. The first-order valence-electron chi connectivity index (χ1n) is 9.04. The third-order valence-corrected chi connectivity index (χ3v) is 4.57. The molecule has 1 aliphatic heterocycles. The van der Waals surface area contributed by atoms with E-state index in [0.29, 0.717) is 19.5 Å². The molecule has 0 bridgehead atoms. The number of hydrogen-bond acceptors (Lipinski definition) is 4. The number of furan rings is 1. The maximum absolute atomic E-state index is 13.1. The number of rotatable bonds is 6. The normalized spacial score (nSPS) is 15.8. The zero-order chi connectivity index (χ0) is 19.3. The van der Waals surface area contributed by atoms with Gasteiger partial charge < -0.3 is 14.2 Å². The summed E-state index contributed by atoms with van der Waals surface area (Å²) >= 11 is 0. The Morgan fingerprint density at radius 1 is 1.07 bits per heavy atom. The van der Waals surface area contributed by atoms with Crippen LogP contribution in [0.15, 0.2) is 82.6 Å². The lowest BCUT2D eigenvalue weighted by Crippen LogP contribution is -2.37. The zero-order valence-electron chi connectivity index (χ0n) is 15.1. The van der Waals surface area contributed by atoms with Crippen LogP contribution >= 0.6 is 0 Å². The highest BCUT2D eigenvalue weighted by molar-refractivity contribution is 6.01. The van der Waals surface area contributed by atoms with E-state index in [2.05, 4.69) is 5.16 Å². The Hall–Kier alpha value is -3.41. The molecule has 0 spiro atoms. The van der Waals surface area contributed by atoms with E-state index in [1.54, 1.807) is 29.2 Å². The molecule has 2 heterocycles. The van der Waals surface area contributed by atoms with Crippen molar-refractivity contribution in [3.8, 4) is 0 Å². The molecule has 2 aromatic carbocycles. The highest BCUT2D eigenvalue weighted by Gasteiger charge is 2.28. The minimum absolute atomic E-state index is 0.201. The predicted octanol–water partition coefficient (Wildman–Crippen LogP) is 4.25. The van der Waals surface area contributed by atoms with Crippen LogP contribution in [0.4, 0.5) is 4.39 Å². The van der Waals surface area contributed by atoms with Gasteiger partial charge in [-0.15, -0.1) is 0 Å². The summed E-state index contributed by atoms with van der Waals surface area (Å²) in [4.78, 5) is 20.1. The van der Waals surface area contributed by atoms with Gasteiger partial charge in [0.05, 0.1) is 18.5 Å². The lowest BCUT2D eigenvalue weighted by molar-refractivity contribution is 0.0387. The van der Waals surface area contributed by atoms with E-state index in [9.17, 15) is 9.18 Å². The molecule has 1 aromatic heterocycles. The van der Waals surface area contributed by atoms with Gasteiger partial charge in [-0.1, -0.05) is 47.6 Å². The van der Waals surface area contributed by atoms with Gasteiger partial charge in [-0.25, -0.2) is 4.39 Å². The molecular weight excluding hydrogens is 359 g/mol. The molecule has 0 fully saturated rings. The molecule has 1 aliphatic rings. The Labute approximate surface area is 162 Å². The lowest BCUT2D eigenvalue weighted by atomic mass is 10.0. The van der Waals surface area contributed by atoms with Gasteiger partial charge in [-0.05, 0) is 35.4 Å². The molecule has 0 saturated carbocycles. The highest BCUT2D eigenvalue weighted by atomic mass is 19.1. The van der Waals surface area contributed by atoms with Gasteiger partial charge in [0.2, 0.25) is 0 Å². The van der Waals surface area contributed by atoms with E-state index in [0.717, 1.165) is 16.8 Å². The summed E-state index contributed by atoms with van der Waals surface area (Å²) in [6.45, 7) is 0.800. The van der Waals surface area contributed by atoms with Crippen molar-refractivity contribution in [1.29, 1.82) is 0 Å². The number of hydrogen-bond donors (Lipinski definition) is 0. The van der Waals surface area contributed by atoms with Crippen molar-refractivity contribution in [1.82, 2.24) is 4.90 Å². The van der Waals surface area contributed by atoms with Crippen molar-refractivity contribution in [3.05, 3.63) is 95.7 Å². The van der Waals surface area contributed by atoms with Crippen molar-refractivity contribution in [3.63, 3.8) is 0 Å². The average Bonchev–Trinajstić information content (AvgIpc) is 3.41. The van der Waals surface area contributed by atoms with Crippen LogP contribution in [0, 0.1) is 5.82 Å². The fraction of sp³-hybridized carbons (Fsp3) is 0.182. The van der Waals surface area contributed by atoms with Crippen LogP contribution in [0.5, 0.6) is 0 Å². The van der Waals surface area contributed by atoms with Gasteiger partial charge in [0.1, 0.15) is 5.82 Å². The fourth-order valence-corrected chi connectivity index (χ4v) is 3.16. The quantitative estimate of drug-likeness (QED) is 0.644. The van der Waals surface area contributed by atoms with Gasteiger partial charge in [-0.2, -0.15) is 0 Å². The van der Waals surface area contributed by atoms with Crippen molar-refractivity contribution in [2.45, 2.75) is 19.1 Å². The molecule has 0 saturated heterocycles. The first-order valence-corrected chi connectivity index (χ1v) is 9.04. The summed E-state index contributed by atoms with van der Waals surface area (Å²) in [7, 11) is 0. The number of carbonyl (C=O) groups is 1. The van der Waals surface area contributed by atoms with Gasteiger partial charge in [0.25, 0.3) is 5.91 Å². The van der Waals surface area contributed by atoms with Crippen LogP contribution < -0.4 is 0 Å². The number of amides is 1. The number of benzene rings is 2. The Bertz CT molecular complexity index is 953. The van der Waals surface area contributed by atoms with E-state index in [4.69, 9.17) is 9.25 Å². The third kappa shape index (κ3) is 4.11. The second kappa shape index (κ2) is 8.08. The molecule has 0 aliphatic carbocycles.